The molecule has 1 atom stereocenters. The average molecular weight is 314 g/mol. The van der Waals surface area contributed by atoms with Crippen LogP contribution in [0.5, 0.6) is 0 Å². The van der Waals surface area contributed by atoms with Crippen LogP contribution in [0.25, 0.3) is 0 Å². The Morgan fingerprint density at radius 3 is 2.82 bits per heavy atom. The summed E-state index contributed by atoms with van der Waals surface area (Å²) in [5, 5.41) is 4.20. The molecule has 1 aromatic carbocycles. The van der Waals surface area contributed by atoms with E-state index in [2.05, 4.69) is 21.0 Å². The third-order valence-corrected chi connectivity index (χ3v) is 4.18. The second kappa shape index (κ2) is 5.01. The maximum absolute atomic E-state index is 12.1. The number of anilines is 1. The smallest absolute Gasteiger partial charge is 0.0753 e. The highest BCUT2D eigenvalue weighted by Crippen LogP contribution is 2.22. The zero-order valence-electron chi connectivity index (χ0n) is 9.26. The molecule has 4 nitrogen and oxygen atoms in total. The van der Waals surface area contributed by atoms with Gasteiger partial charge in [-0.05, 0) is 24.3 Å². The number of rotatable bonds is 3. The molecular formula is C11H12BrN3OS. The van der Waals surface area contributed by atoms with Crippen LogP contribution in [0.3, 0.4) is 0 Å². The molecule has 0 aliphatic rings. The summed E-state index contributed by atoms with van der Waals surface area (Å²) in [6.07, 6.45) is 1.83. The highest BCUT2D eigenvalue weighted by molar-refractivity contribution is 9.10. The fraction of sp³-hybridized carbons (Fsp3) is 0.182. The normalized spacial score (nSPS) is 12.6. The minimum absolute atomic E-state index is 0.382. The van der Waals surface area contributed by atoms with Gasteiger partial charge in [0.25, 0.3) is 0 Å². The molecule has 0 saturated heterocycles. The van der Waals surface area contributed by atoms with Gasteiger partial charge in [-0.3, -0.25) is 8.89 Å². The van der Waals surface area contributed by atoms with Crippen molar-refractivity contribution < 1.29 is 4.21 Å². The quantitative estimate of drug-likeness (QED) is 0.882. The lowest BCUT2D eigenvalue weighted by Crippen LogP contribution is -2.02. The van der Waals surface area contributed by atoms with Gasteiger partial charge in [-0.1, -0.05) is 15.9 Å². The van der Waals surface area contributed by atoms with Crippen LogP contribution < -0.4 is 5.73 Å². The van der Waals surface area contributed by atoms with Gasteiger partial charge < -0.3 is 5.73 Å². The van der Waals surface area contributed by atoms with E-state index in [1.54, 1.807) is 16.8 Å². The second-order valence-corrected chi connectivity index (χ2v) is 5.99. The number of hydrogen-bond donors (Lipinski definition) is 1. The molecule has 0 aliphatic carbocycles. The molecule has 90 valence electrons. The van der Waals surface area contributed by atoms with E-state index >= 15 is 0 Å². The van der Waals surface area contributed by atoms with Crippen molar-refractivity contribution in [3.8, 4) is 0 Å². The lowest BCUT2D eigenvalue weighted by molar-refractivity contribution is 0.681. The monoisotopic (exact) mass is 313 g/mol. The first-order valence-electron chi connectivity index (χ1n) is 4.98. The Balaban J connectivity index is 2.20. The van der Waals surface area contributed by atoms with E-state index in [0.29, 0.717) is 16.3 Å². The van der Waals surface area contributed by atoms with E-state index in [9.17, 15) is 4.21 Å². The number of nitrogen functional groups attached to an aromatic ring is 1. The Bertz CT molecular complexity index is 568. The first-order chi connectivity index (χ1) is 8.06. The second-order valence-electron chi connectivity index (χ2n) is 3.65. The summed E-state index contributed by atoms with van der Waals surface area (Å²) >= 11 is 3.32. The minimum atomic E-state index is -1.16. The van der Waals surface area contributed by atoms with Crippen LogP contribution in [0.4, 0.5) is 5.69 Å². The van der Waals surface area contributed by atoms with Crippen molar-refractivity contribution in [3.05, 3.63) is 40.6 Å². The molecule has 1 heterocycles. The number of nitrogens with zero attached hydrogens (tertiary/aromatic N) is 2. The van der Waals surface area contributed by atoms with Crippen molar-refractivity contribution >= 4 is 32.4 Å². The Hall–Kier alpha value is -1.14. The van der Waals surface area contributed by atoms with Crippen molar-refractivity contribution in [1.29, 1.82) is 0 Å². The summed E-state index contributed by atoms with van der Waals surface area (Å²) in [6.45, 7) is 0. The van der Waals surface area contributed by atoms with Gasteiger partial charge in [-0.15, -0.1) is 0 Å². The number of hydrogen-bond acceptors (Lipinski definition) is 3. The fourth-order valence-electron chi connectivity index (χ4n) is 1.48. The van der Waals surface area contributed by atoms with E-state index < -0.39 is 10.8 Å². The van der Waals surface area contributed by atoms with E-state index in [0.717, 1.165) is 10.2 Å². The molecule has 0 spiro atoms. The molecule has 0 amide bonds. The molecule has 2 aromatic rings. The van der Waals surface area contributed by atoms with Gasteiger partial charge in [0.15, 0.2) is 0 Å². The van der Waals surface area contributed by atoms with Gasteiger partial charge in [0.05, 0.1) is 27.1 Å². The van der Waals surface area contributed by atoms with Crippen LogP contribution >= 0.6 is 15.9 Å². The summed E-state index contributed by atoms with van der Waals surface area (Å²) in [4.78, 5) is 0.652. The first kappa shape index (κ1) is 12.3. The van der Waals surface area contributed by atoms with Crippen LogP contribution in [0, 0.1) is 0 Å². The molecule has 1 unspecified atom stereocenters. The van der Waals surface area contributed by atoms with Gasteiger partial charge in [0.1, 0.15) is 0 Å². The van der Waals surface area contributed by atoms with Gasteiger partial charge >= 0.3 is 0 Å². The highest BCUT2D eigenvalue weighted by atomic mass is 79.9. The molecule has 1 aromatic heterocycles. The van der Waals surface area contributed by atoms with E-state index in [4.69, 9.17) is 5.73 Å². The lowest BCUT2D eigenvalue weighted by Gasteiger charge is -2.04. The molecule has 0 bridgehead atoms. The molecule has 17 heavy (non-hydrogen) atoms. The van der Waals surface area contributed by atoms with Crippen molar-refractivity contribution in [1.82, 2.24) is 9.78 Å². The van der Waals surface area contributed by atoms with Crippen LogP contribution in [0.1, 0.15) is 5.69 Å². The number of aromatic nitrogens is 2. The Labute approximate surface area is 110 Å². The van der Waals surface area contributed by atoms with E-state index in [1.165, 1.54) is 0 Å². The van der Waals surface area contributed by atoms with E-state index in [-0.39, 0.29) is 0 Å². The molecule has 0 radical (unpaired) electrons. The Morgan fingerprint density at radius 1 is 1.47 bits per heavy atom. The summed E-state index contributed by atoms with van der Waals surface area (Å²) in [5.74, 6) is 0.382. The molecular weight excluding hydrogens is 302 g/mol. The third kappa shape index (κ3) is 2.95. The maximum Gasteiger partial charge on any atom is 0.0753 e. The Morgan fingerprint density at radius 2 is 2.24 bits per heavy atom. The highest BCUT2D eigenvalue weighted by Gasteiger charge is 2.10. The topological polar surface area (TPSA) is 60.9 Å². The number of nitrogens with two attached hydrogens (primary N) is 1. The Kier molecular flexibility index (Phi) is 3.63. The van der Waals surface area contributed by atoms with Gasteiger partial charge in [-0.25, -0.2) is 0 Å². The van der Waals surface area contributed by atoms with Gasteiger partial charge in [0, 0.05) is 23.4 Å². The van der Waals surface area contributed by atoms with Gasteiger partial charge in [0.2, 0.25) is 0 Å². The molecule has 6 heteroatoms. The number of halogens is 1. The fourth-order valence-corrected chi connectivity index (χ4v) is 2.98. The molecule has 0 saturated carbocycles. The standard InChI is InChI=1S/C11H12BrN3OS/c1-15-5-4-9(14-15)7-17(16)11-3-2-8(12)6-10(11)13/h2-6H,7,13H2,1H3. The lowest BCUT2D eigenvalue weighted by atomic mass is 10.3. The van der Waals surface area contributed by atoms with Crippen LogP contribution in [0.15, 0.2) is 39.8 Å². The number of aryl methyl sites for hydroxylation is 1. The van der Waals surface area contributed by atoms with Crippen molar-refractivity contribution in [2.75, 3.05) is 5.73 Å². The predicted octanol–water partition coefficient (Wildman–Crippen LogP) is 2.07. The number of benzene rings is 1. The molecule has 0 fully saturated rings. The molecule has 2 rings (SSSR count). The van der Waals surface area contributed by atoms with E-state index in [1.807, 2.05) is 25.4 Å². The zero-order chi connectivity index (χ0) is 12.4. The third-order valence-electron chi connectivity index (χ3n) is 2.26. The van der Waals surface area contributed by atoms with Crippen LogP contribution in [-0.4, -0.2) is 14.0 Å². The van der Waals surface area contributed by atoms with Crippen molar-refractivity contribution in [2.24, 2.45) is 7.05 Å². The summed E-state index contributed by atoms with van der Waals surface area (Å²) in [5.41, 5.74) is 7.17. The average Bonchev–Trinajstić information content (AvgIpc) is 2.63. The molecule has 0 aliphatic heterocycles. The first-order valence-corrected chi connectivity index (χ1v) is 7.09. The summed E-state index contributed by atoms with van der Waals surface area (Å²) in [7, 11) is 0.671. The molecule has 2 N–H and O–H groups in total. The minimum Gasteiger partial charge on any atom is -0.398 e. The summed E-state index contributed by atoms with van der Waals surface area (Å²) < 4.78 is 14.7. The van der Waals surface area contributed by atoms with Crippen molar-refractivity contribution in [2.45, 2.75) is 10.6 Å². The van der Waals surface area contributed by atoms with Gasteiger partial charge in [-0.2, -0.15) is 5.10 Å². The van der Waals surface area contributed by atoms with Crippen LogP contribution in [-0.2, 0) is 23.6 Å². The predicted molar refractivity (Wildman–Crippen MR) is 71.9 cm³/mol. The zero-order valence-corrected chi connectivity index (χ0v) is 11.7. The maximum atomic E-state index is 12.1. The largest absolute Gasteiger partial charge is 0.398 e. The van der Waals surface area contributed by atoms with Crippen molar-refractivity contribution in [3.63, 3.8) is 0 Å². The summed E-state index contributed by atoms with van der Waals surface area (Å²) in [6, 6.07) is 7.22. The SMILES string of the molecule is Cn1ccc(CS(=O)c2ccc(Br)cc2N)n1. The van der Waals surface area contributed by atoms with Crippen LogP contribution in [0.2, 0.25) is 0 Å².